The second-order valence-corrected chi connectivity index (χ2v) is 3.95. The van der Waals surface area contributed by atoms with Gasteiger partial charge in [-0.3, -0.25) is 0 Å². The van der Waals surface area contributed by atoms with Crippen LogP contribution in [0.3, 0.4) is 0 Å². The van der Waals surface area contributed by atoms with Gasteiger partial charge < -0.3 is 15.6 Å². The molecule has 0 aromatic rings. The van der Waals surface area contributed by atoms with Gasteiger partial charge in [-0.15, -0.1) is 0 Å². The third kappa shape index (κ3) is 13.9. The van der Waals surface area contributed by atoms with Gasteiger partial charge in [0.1, 0.15) is 0 Å². The van der Waals surface area contributed by atoms with E-state index >= 15 is 0 Å². The molecule has 0 atom stereocenters. The van der Waals surface area contributed by atoms with Gasteiger partial charge >= 0.3 is 0 Å². The van der Waals surface area contributed by atoms with Gasteiger partial charge in [0.15, 0.2) is 0 Å². The first-order chi connectivity index (χ1) is 7.41. The van der Waals surface area contributed by atoms with Crippen molar-refractivity contribution in [2.75, 3.05) is 26.4 Å². The number of hydrogen-bond donors (Lipinski definition) is 2. The van der Waals surface area contributed by atoms with Crippen LogP contribution in [0.25, 0.3) is 0 Å². The lowest BCUT2D eigenvalue weighted by molar-refractivity contribution is 0.137. The van der Waals surface area contributed by atoms with Crippen molar-refractivity contribution in [3.05, 3.63) is 0 Å². The SMILES string of the molecule is NCCOCCCCCCCCCCO. The molecule has 0 fully saturated rings. The second kappa shape index (κ2) is 13.9. The molecule has 0 saturated carbocycles. The molecule has 0 heterocycles. The fourth-order valence-electron chi connectivity index (χ4n) is 1.56. The molecule has 92 valence electrons. The van der Waals surface area contributed by atoms with E-state index in [-0.39, 0.29) is 0 Å². The highest BCUT2D eigenvalue weighted by atomic mass is 16.5. The molecule has 0 radical (unpaired) electrons. The molecule has 3 N–H and O–H groups in total. The Labute approximate surface area is 94.0 Å². The number of unbranched alkanes of at least 4 members (excludes halogenated alkanes) is 7. The number of aliphatic hydroxyl groups is 1. The van der Waals surface area contributed by atoms with Gasteiger partial charge in [0.2, 0.25) is 0 Å². The zero-order valence-corrected chi connectivity index (χ0v) is 9.92. The van der Waals surface area contributed by atoms with Gasteiger partial charge in [0.05, 0.1) is 6.61 Å². The quantitative estimate of drug-likeness (QED) is 0.492. The highest BCUT2D eigenvalue weighted by Gasteiger charge is 1.92. The number of nitrogens with two attached hydrogens (primary N) is 1. The fourth-order valence-corrected chi connectivity index (χ4v) is 1.56. The molecule has 0 saturated heterocycles. The van der Waals surface area contributed by atoms with E-state index in [0.717, 1.165) is 19.4 Å². The van der Waals surface area contributed by atoms with Gasteiger partial charge in [-0.25, -0.2) is 0 Å². The van der Waals surface area contributed by atoms with Crippen LogP contribution in [0.4, 0.5) is 0 Å². The molecule has 0 aromatic carbocycles. The normalized spacial score (nSPS) is 10.8. The third-order valence-corrected chi connectivity index (χ3v) is 2.46. The van der Waals surface area contributed by atoms with Crippen LogP contribution in [0, 0.1) is 0 Å². The van der Waals surface area contributed by atoms with Gasteiger partial charge in [-0.2, -0.15) is 0 Å². The van der Waals surface area contributed by atoms with E-state index in [1.807, 2.05) is 0 Å². The molecule has 0 amide bonds. The summed E-state index contributed by atoms with van der Waals surface area (Å²) in [4.78, 5) is 0. The molecule has 3 nitrogen and oxygen atoms in total. The highest BCUT2D eigenvalue weighted by molar-refractivity contribution is 4.46. The largest absolute Gasteiger partial charge is 0.396 e. The van der Waals surface area contributed by atoms with Crippen molar-refractivity contribution >= 4 is 0 Å². The van der Waals surface area contributed by atoms with Gasteiger partial charge in [-0.05, 0) is 12.8 Å². The van der Waals surface area contributed by atoms with Crippen LogP contribution in [0.1, 0.15) is 51.4 Å². The molecule has 0 aliphatic carbocycles. The molecule has 15 heavy (non-hydrogen) atoms. The van der Waals surface area contributed by atoms with Gasteiger partial charge in [0.25, 0.3) is 0 Å². The van der Waals surface area contributed by atoms with E-state index in [2.05, 4.69) is 0 Å². The second-order valence-electron chi connectivity index (χ2n) is 3.95. The van der Waals surface area contributed by atoms with E-state index in [9.17, 15) is 0 Å². The molecule has 0 rings (SSSR count). The van der Waals surface area contributed by atoms with E-state index in [4.69, 9.17) is 15.6 Å². The molecular formula is C12H27NO2. The summed E-state index contributed by atoms with van der Waals surface area (Å²) < 4.78 is 5.29. The van der Waals surface area contributed by atoms with Gasteiger partial charge in [0, 0.05) is 19.8 Å². The zero-order valence-electron chi connectivity index (χ0n) is 9.92. The monoisotopic (exact) mass is 217 g/mol. The summed E-state index contributed by atoms with van der Waals surface area (Å²) in [7, 11) is 0. The lowest BCUT2D eigenvalue weighted by Gasteiger charge is -2.02. The number of ether oxygens (including phenoxy) is 1. The van der Waals surface area contributed by atoms with Crippen molar-refractivity contribution in [3.63, 3.8) is 0 Å². The number of hydrogen-bond acceptors (Lipinski definition) is 3. The maximum absolute atomic E-state index is 8.59. The molecule has 0 aliphatic heterocycles. The zero-order chi connectivity index (χ0) is 11.2. The predicted molar refractivity (Wildman–Crippen MR) is 63.9 cm³/mol. The van der Waals surface area contributed by atoms with Crippen molar-refractivity contribution in [2.45, 2.75) is 51.4 Å². The molecule has 0 aliphatic rings. The summed E-state index contributed by atoms with van der Waals surface area (Å²) in [6, 6.07) is 0. The summed E-state index contributed by atoms with van der Waals surface area (Å²) in [5.74, 6) is 0. The van der Waals surface area contributed by atoms with Crippen LogP contribution >= 0.6 is 0 Å². The lowest BCUT2D eigenvalue weighted by Crippen LogP contribution is -2.08. The molecule has 0 spiro atoms. The summed E-state index contributed by atoms with van der Waals surface area (Å²) in [6.07, 6.45) is 9.78. The van der Waals surface area contributed by atoms with E-state index in [1.165, 1.54) is 38.5 Å². The van der Waals surface area contributed by atoms with Crippen LogP contribution in [-0.4, -0.2) is 31.5 Å². The van der Waals surface area contributed by atoms with Crippen LogP contribution < -0.4 is 5.73 Å². The minimum Gasteiger partial charge on any atom is -0.396 e. The van der Waals surface area contributed by atoms with Crippen LogP contribution in [-0.2, 0) is 4.74 Å². The third-order valence-electron chi connectivity index (χ3n) is 2.46. The maximum atomic E-state index is 8.59. The Morgan fingerprint density at radius 2 is 1.27 bits per heavy atom. The average molecular weight is 217 g/mol. The van der Waals surface area contributed by atoms with Crippen molar-refractivity contribution in [1.29, 1.82) is 0 Å². The Kier molecular flexibility index (Phi) is 13.8. The maximum Gasteiger partial charge on any atom is 0.0588 e. The van der Waals surface area contributed by atoms with Crippen molar-refractivity contribution in [1.82, 2.24) is 0 Å². The van der Waals surface area contributed by atoms with Crippen molar-refractivity contribution in [2.24, 2.45) is 5.73 Å². The summed E-state index contributed by atoms with van der Waals surface area (Å²) in [5, 5.41) is 8.59. The Balaban J connectivity index is 2.81. The van der Waals surface area contributed by atoms with Crippen LogP contribution in [0.2, 0.25) is 0 Å². The van der Waals surface area contributed by atoms with Crippen molar-refractivity contribution < 1.29 is 9.84 Å². The summed E-state index contributed by atoms with van der Waals surface area (Å²) >= 11 is 0. The first-order valence-electron chi connectivity index (χ1n) is 6.30. The molecule has 0 aromatic heterocycles. The van der Waals surface area contributed by atoms with Gasteiger partial charge in [-0.1, -0.05) is 38.5 Å². The lowest BCUT2D eigenvalue weighted by atomic mass is 10.1. The smallest absolute Gasteiger partial charge is 0.0588 e. The topological polar surface area (TPSA) is 55.5 Å². The van der Waals surface area contributed by atoms with E-state index in [0.29, 0.717) is 19.8 Å². The van der Waals surface area contributed by atoms with Crippen LogP contribution in [0.5, 0.6) is 0 Å². The molecule has 0 unspecified atom stereocenters. The summed E-state index contributed by atoms with van der Waals surface area (Å²) in [6.45, 7) is 2.53. The molecule has 0 bridgehead atoms. The minimum atomic E-state index is 0.346. The minimum absolute atomic E-state index is 0.346. The van der Waals surface area contributed by atoms with Crippen LogP contribution in [0.15, 0.2) is 0 Å². The van der Waals surface area contributed by atoms with E-state index in [1.54, 1.807) is 0 Å². The highest BCUT2D eigenvalue weighted by Crippen LogP contribution is 2.08. The number of rotatable bonds is 12. The Morgan fingerprint density at radius 1 is 0.733 bits per heavy atom. The van der Waals surface area contributed by atoms with Crippen molar-refractivity contribution in [3.8, 4) is 0 Å². The Hall–Kier alpha value is -0.120. The molecular weight excluding hydrogens is 190 g/mol. The molecule has 3 heteroatoms. The average Bonchev–Trinajstić information content (AvgIpc) is 2.26. The fraction of sp³-hybridized carbons (Fsp3) is 1.00. The first kappa shape index (κ1) is 14.9. The number of aliphatic hydroxyl groups excluding tert-OH is 1. The summed E-state index contributed by atoms with van der Waals surface area (Å²) in [5.41, 5.74) is 5.31. The Bertz CT molecular complexity index is 97.8. The predicted octanol–water partition coefficient (Wildman–Crippen LogP) is 2.07. The standard InChI is InChI=1S/C12H27NO2/c13-9-12-15-11-8-6-4-2-1-3-5-7-10-14/h14H,1-13H2. The first-order valence-corrected chi connectivity index (χ1v) is 6.30. The Morgan fingerprint density at radius 3 is 1.80 bits per heavy atom. The van der Waals surface area contributed by atoms with E-state index < -0.39 is 0 Å².